The third-order valence-corrected chi connectivity index (χ3v) is 12.7. The highest BCUT2D eigenvalue weighted by molar-refractivity contribution is 7.97. The molecule has 6 aromatic carbocycles. The molecule has 6 nitrogen and oxygen atoms in total. The van der Waals surface area contributed by atoms with Gasteiger partial charge in [0.2, 0.25) is 19.7 Å². The molecule has 44 heavy (non-hydrogen) atoms. The second kappa shape index (κ2) is 8.69. The number of benzene rings is 6. The van der Waals surface area contributed by atoms with Gasteiger partial charge in [0.25, 0.3) is 0 Å². The largest absolute Gasteiger partial charge is 0.309 e. The van der Waals surface area contributed by atoms with Crippen LogP contribution in [0.4, 0.5) is 0 Å². The van der Waals surface area contributed by atoms with Crippen molar-refractivity contribution in [2.45, 2.75) is 19.6 Å². The summed E-state index contributed by atoms with van der Waals surface area (Å²) in [5.41, 5.74) is 4.75. The predicted octanol–water partition coefficient (Wildman–Crippen LogP) is 7.86. The van der Waals surface area contributed by atoms with Gasteiger partial charge in [-0.2, -0.15) is 0 Å². The smallest absolute Gasteiger partial charge is 0.209 e. The molecule has 3 heterocycles. The van der Waals surface area contributed by atoms with Crippen LogP contribution in [-0.4, -0.2) is 26.0 Å². The Balaban J connectivity index is 1.30. The lowest BCUT2D eigenvalue weighted by molar-refractivity contribution is 0.570. The second-order valence-corrected chi connectivity index (χ2v) is 14.8. The molecule has 0 unspecified atom stereocenters. The van der Waals surface area contributed by atoms with E-state index >= 15 is 0 Å². The molecule has 0 N–H and O–H groups in total. The summed E-state index contributed by atoms with van der Waals surface area (Å²) in [6.07, 6.45) is 0. The molecule has 0 radical (unpaired) electrons. The van der Waals surface area contributed by atoms with Crippen molar-refractivity contribution in [2.24, 2.45) is 0 Å². The van der Waals surface area contributed by atoms with Gasteiger partial charge < -0.3 is 9.13 Å². The summed E-state index contributed by atoms with van der Waals surface area (Å²) in [5, 5.41) is 4.10. The molecule has 0 spiro atoms. The molecule has 212 valence electrons. The Morgan fingerprint density at radius 2 is 0.636 bits per heavy atom. The average molecular weight is 611 g/mol. The molecular formula is C36H22N2O4S2. The van der Waals surface area contributed by atoms with Crippen LogP contribution >= 0.6 is 0 Å². The SMILES string of the molecule is O=S1(=O)c2ccc(-n3c4ccccc4c4ccccc43)cc2S(=O)(=O)c2cc(-n3c4ccccc4c4ccccc43)ccc21. The zero-order valence-corrected chi connectivity index (χ0v) is 24.7. The van der Waals surface area contributed by atoms with Gasteiger partial charge in [0, 0.05) is 32.9 Å². The number of aromatic nitrogens is 2. The van der Waals surface area contributed by atoms with Crippen LogP contribution in [0.1, 0.15) is 0 Å². The van der Waals surface area contributed by atoms with E-state index in [-0.39, 0.29) is 19.6 Å². The number of hydrogen-bond donors (Lipinski definition) is 0. The fourth-order valence-corrected chi connectivity index (χ4v) is 10.9. The van der Waals surface area contributed by atoms with Gasteiger partial charge in [-0.1, -0.05) is 72.8 Å². The number of para-hydroxylation sites is 4. The minimum atomic E-state index is -4.22. The molecule has 0 bridgehead atoms. The number of hydrogen-bond acceptors (Lipinski definition) is 4. The van der Waals surface area contributed by atoms with Gasteiger partial charge in [-0.25, -0.2) is 16.8 Å². The average Bonchev–Trinajstić information content (AvgIpc) is 3.57. The van der Waals surface area contributed by atoms with Crippen molar-refractivity contribution in [1.29, 1.82) is 0 Å². The zero-order valence-electron chi connectivity index (χ0n) is 23.0. The van der Waals surface area contributed by atoms with E-state index in [1.165, 1.54) is 24.3 Å². The summed E-state index contributed by atoms with van der Waals surface area (Å²) in [7, 11) is -8.33. The number of rotatable bonds is 2. The third-order valence-electron chi connectivity index (χ3n) is 8.69. The fraction of sp³-hybridized carbons (Fsp3) is 0. The van der Waals surface area contributed by atoms with E-state index in [0.29, 0.717) is 11.4 Å². The van der Waals surface area contributed by atoms with Crippen LogP contribution < -0.4 is 0 Å². The van der Waals surface area contributed by atoms with Crippen molar-refractivity contribution in [3.63, 3.8) is 0 Å². The van der Waals surface area contributed by atoms with E-state index in [4.69, 9.17) is 0 Å². The minimum Gasteiger partial charge on any atom is -0.309 e. The standard InChI is InChI=1S/C36H22N2O4S2/c39-43(40)33-19-17-23(37-29-13-5-1-9-25(29)26-10-2-6-14-30(26)37)21-35(33)44(41,42)36-22-24(18-20-34(36)43)38-31-15-7-3-11-27(31)28-12-4-8-16-32(28)38/h1-22H. The van der Waals surface area contributed by atoms with Gasteiger partial charge in [0.15, 0.2) is 0 Å². The molecule has 1 aliphatic rings. The highest BCUT2D eigenvalue weighted by Gasteiger charge is 2.40. The molecule has 0 aliphatic carbocycles. The summed E-state index contributed by atoms with van der Waals surface area (Å²) in [5.74, 6) is 0. The molecule has 0 amide bonds. The van der Waals surface area contributed by atoms with Gasteiger partial charge >= 0.3 is 0 Å². The number of nitrogens with zero attached hydrogens (tertiary/aromatic N) is 2. The summed E-state index contributed by atoms with van der Waals surface area (Å²) >= 11 is 0. The maximum atomic E-state index is 14.4. The van der Waals surface area contributed by atoms with E-state index < -0.39 is 19.7 Å². The Morgan fingerprint density at radius 1 is 0.341 bits per heavy atom. The van der Waals surface area contributed by atoms with Crippen LogP contribution in [0, 0.1) is 0 Å². The summed E-state index contributed by atoms with van der Waals surface area (Å²) in [4.78, 5) is -0.856. The first-order valence-electron chi connectivity index (χ1n) is 14.1. The van der Waals surface area contributed by atoms with Crippen molar-refractivity contribution < 1.29 is 16.8 Å². The third kappa shape index (κ3) is 3.24. The highest BCUT2D eigenvalue weighted by Crippen LogP contribution is 2.43. The fourth-order valence-electron chi connectivity index (χ4n) is 6.77. The Hall–Kier alpha value is -5.18. The molecule has 9 rings (SSSR count). The van der Waals surface area contributed by atoms with Gasteiger partial charge in [0.1, 0.15) is 0 Å². The van der Waals surface area contributed by atoms with E-state index in [1.807, 2.05) is 106 Å². The maximum Gasteiger partial charge on any atom is 0.209 e. The van der Waals surface area contributed by atoms with E-state index in [1.54, 1.807) is 12.1 Å². The van der Waals surface area contributed by atoms with E-state index in [0.717, 1.165) is 43.6 Å². The van der Waals surface area contributed by atoms with Crippen molar-refractivity contribution in [2.75, 3.05) is 0 Å². The lowest BCUT2D eigenvalue weighted by Crippen LogP contribution is -2.20. The van der Waals surface area contributed by atoms with Crippen LogP contribution in [0.15, 0.2) is 153 Å². The lowest BCUT2D eigenvalue weighted by Gasteiger charge is -2.22. The van der Waals surface area contributed by atoms with Gasteiger partial charge in [-0.05, 0) is 60.7 Å². The molecule has 8 heteroatoms. The summed E-state index contributed by atoms with van der Waals surface area (Å²) in [6.45, 7) is 0. The van der Waals surface area contributed by atoms with E-state index in [9.17, 15) is 16.8 Å². The quantitative estimate of drug-likeness (QED) is 0.200. The van der Waals surface area contributed by atoms with Gasteiger partial charge in [-0.15, -0.1) is 0 Å². The predicted molar refractivity (Wildman–Crippen MR) is 172 cm³/mol. The Kier molecular flexibility index (Phi) is 5.00. The topological polar surface area (TPSA) is 78.1 Å². The minimum absolute atomic E-state index is 0.209. The molecule has 0 saturated carbocycles. The number of fused-ring (bicyclic) bond motifs is 8. The van der Waals surface area contributed by atoms with Gasteiger partial charge in [0.05, 0.1) is 41.6 Å². The zero-order chi connectivity index (χ0) is 29.8. The van der Waals surface area contributed by atoms with Crippen LogP contribution in [0.5, 0.6) is 0 Å². The molecule has 0 fully saturated rings. The van der Waals surface area contributed by atoms with Gasteiger partial charge in [-0.3, -0.25) is 0 Å². The Bertz CT molecular complexity index is 2470. The molecular weight excluding hydrogens is 589 g/mol. The first-order valence-corrected chi connectivity index (χ1v) is 17.1. The van der Waals surface area contributed by atoms with Crippen molar-refractivity contribution >= 4 is 63.3 Å². The normalized spacial score (nSPS) is 15.1. The first-order chi connectivity index (χ1) is 21.4. The second-order valence-electron chi connectivity index (χ2n) is 11.0. The van der Waals surface area contributed by atoms with Crippen LogP contribution in [-0.2, 0) is 19.7 Å². The molecule has 2 aromatic heterocycles. The lowest BCUT2D eigenvalue weighted by atomic mass is 10.2. The molecule has 1 aliphatic heterocycles. The Labute approximate surface area is 252 Å². The van der Waals surface area contributed by atoms with Crippen LogP contribution in [0.2, 0.25) is 0 Å². The van der Waals surface area contributed by atoms with Crippen molar-refractivity contribution in [3.05, 3.63) is 133 Å². The van der Waals surface area contributed by atoms with Crippen LogP contribution in [0.3, 0.4) is 0 Å². The first kappa shape index (κ1) is 25.3. The maximum absolute atomic E-state index is 14.4. The molecule has 0 atom stereocenters. The van der Waals surface area contributed by atoms with Crippen LogP contribution in [0.25, 0.3) is 55.0 Å². The summed E-state index contributed by atoms with van der Waals surface area (Å²) in [6, 6.07) is 40.8. The van der Waals surface area contributed by atoms with Crippen molar-refractivity contribution in [1.82, 2.24) is 9.13 Å². The monoisotopic (exact) mass is 610 g/mol. The number of sulfone groups is 2. The van der Waals surface area contributed by atoms with E-state index in [2.05, 4.69) is 0 Å². The summed E-state index contributed by atoms with van der Waals surface area (Å²) < 4.78 is 60.7. The van der Waals surface area contributed by atoms with Crippen molar-refractivity contribution in [3.8, 4) is 11.4 Å². The Morgan fingerprint density at radius 3 is 0.977 bits per heavy atom. The molecule has 0 saturated heterocycles. The highest BCUT2D eigenvalue weighted by atomic mass is 32.2. The molecule has 8 aromatic rings.